The molecule has 2 aromatic rings. The quantitative estimate of drug-likeness (QED) is 0.641. The fourth-order valence-corrected chi connectivity index (χ4v) is 3.57. The number of ether oxygens (including phenoxy) is 1. The number of nitrogens with one attached hydrogen (secondary N) is 2. The van der Waals surface area contributed by atoms with Crippen molar-refractivity contribution in [3.05, 3.63) is 35.2 Å². The van der Waals surface area contributed by atoms with E-state index in [1.807, 2.05) is 23.6 Å². The number of hydrogen-bond acceptors (Lipinski definition) is 4. The lowest BCUT2D eigenvalue weighted by Gasteiger charge is -2.31. The standard InChI is InChI=1S/C20H28ClN5O3/c1-2-29-11-3-8-22-19(27)15-6-9-25(10-7-15)20(28)23-12-17-14-26-13-16(21)4-5-18(26)24-17/h4-5,13-15H,2-3,6-12H2,1H3,(H,22,27)(H,23,28). The highest BCUT2D eigenvalue weighted by molar-refractivity contribution is 6.30. The summed E-state index contributed by atoms with van der Waals surface area (Å²) in [6, 6.07) is 3.49. The first-order valence-electron chi connectivity index (χ1n) is 10.1. The monoisotopic (exact) mass is 421 g/mol. The summed E-state index contributed by atoms with van der Waals surface area (Å²) >= 11 is 5.98. The number of nitrogens with zero attached hydrogens (tertiary/aromatic N) is 3. The van der Waals surface area contributed by atoms with Gasteiger partial charge < -0.3 is 24.7 Å². The molecular formula is C20H28ClN5O3. The molecule has 8 nitrogen and oxygen atoms in total. The summed E-state index contributed by atoms with van der Waals surface area (Å²) in [5.41, 5.74) is 1.55. The van der Waals surface area contributed by atoms with Crippen LogP contribution < -0.4 is 10.6 Å². The summed E-state index contributed by atoms with van der Waals surface area (Å²) < 4.78 is 7.10. The summed E-state index contributed by atoms with van der Waals surface area (Å²) in [5, 5.41) is 6.50. The van der Waals surface area contributed by atoms with Crippen LogP contribution in [0.4, 0.5) is 4.79 Å². The van der Waals surface area contributed by atoms with Crippen molar-refractivity contribution < 1.29 is 14.3 Å². The zero-order valence-corrected chi connectivity index (χ0v) is 17.5. The number of urea groups is 1. The third-order valence-electron chi connectivity index (χ3n) is 5.01. The number of carbonyl (C=O) groups excluding carboxylic acids is 2. The van der Waals surface area contributed by atoms with Crippen LogP contribution in [0, 0.1) is 5.92 Å². The third-order valence-corrected chi connectivity index (χ3v) is 5.23. The molecule has 9 heteroatoms. The Bertz CT molecular complexity index is 833. The molecule has 0 unspecified atom stereocenters. The number of pyridine rings is 1. The molecular weight excluding hydrogens is 394 g/mol. The molecule has 2 aromatic heterocycles. The predicted molar refractivity (Wildman–Crippen MR) is 111 cm³/mol. The number of halogens is 1. The van der Waals surface area contributed by atoms with E-state index in [2.05, 4.69) is 15.6 Å². The first-order valence-corrected chi connectivity index (χ1v) is 10.5. The first kappa shape index (κ1) is 21.4. The second-order valence-corrected chi connectivity index (χ2v) is 7.54. The minimum Gasteiger partial charge on any atom is -0.382 e. The number of piperidine rings is 1. The summed E-state index contributed by atoms with van der Waals surface area (Å²) in [5.74, 6) is 0.0410. The minimum atomic E-state index is -0.129. The maximum Gasteiger partial charge on any atom is 0.317 e. The molecule has 1 aliphatic rings. The predicted octanol–water partition coefficient (Wildman–Crippen LogP) is 2.45. The van der Waals surface area contributed by atoms with Gasteiger partial charge in [-0.15, -0.1) is 0 Å². The number of rotatable bonds is 8. The number of fused-ring (bicyclic) bond motifs is 1. The topological polar surface area (TPSA) is 88.0 Å². The first-order chi connectivity index (χ1) is 14.1. The largest absolute Gasteiger partial charge is 0.382 e. The van der Waals surface area contributed by atoms with Gasteiger partial charge in [0.25, 0.3) is 0 Å². The molecule has 3 heterocycles. The van der Waals surface area contributed by atoms with Crippen molar-refractivity contribution in [3.63, 3.8) is 0 Å². The second kappa shape index (κ2) is 10.5. The van der Waals surface area contributed by atoms with Crippen molar-refractivity contribution in [2.75, 3.05) is 32.8 Å². The summed E-state index contributed by atoms with van der Waals surface area (Å²) in [6.07, 6.45) is 5.80. The zero-order valence-electron chi connectivity index (χ0n) is 16.7. The Morgan fingerprint density at radius 3 is 2.79 bits per heavy atom. The lowest BCUT2D eigenvalue weighted by molar-refractivity contribution is -0.126. The Labute approximate surface area is 175 Å². The van der Waals surface area contributed by atoms with Gasteiger partial charge in [-0.2, -0.15) is 0 Å². The fourth-order valence-electron chi connectivity index (χ4n) is 3.40. The van der Waals surface area contributed by atoms with Gasteiger partial charge in [-0.25, -0.2) is 9.78 Å². The molecule has 0 atom stereocenters. The van der Waals surface area contributed by atoms with E-state index in [1.165, 1.54) is 0 Å². The molecule has 0 radical (unpaired) electrons. The van der Waals surface area contributed by atoms with Gasteiger partial charge in [0.1, 0.15) is 5.65 Å². The van der Waals surface area contributed by atoms with Crippen LogP contribution >= 0.6 is 11.6 Å². The maximum absolute atomic E-state index is 12.4. The van der Waals surface area contributed by atoms with Crippen molar-refractivity contribution in [2.45, 2.75) is 32.7 Å². The lowest BCUT2D eigenvalue weighted by Crippen LogP contribution is -2.46. The van der Waals surface area contributed by atoms with Crippen molar-refractivity contribution in [3.8, 4) is 0 Å². The van der Waals surface area contributed by atoms with Crippen LogP contribution in [0.3, 0.4) is 0 Å². The molecule has 0 spiro atoms. The molecule has 2 N–H and O–H groups in total. The van der Waals surface area contributed by atoms with Gasteiger partial charge in [0.05, 0.1) is 17.3 Å². The van der Waals surface area contributed by atoms with Crippen LogP contribution in [0.5, 0.6) is 0 Å². The van der Waals surface area contributed by atoms with Gasteiger partial charge in [0, 0.05) is 51.2 Å². The Kier molecular flexibility index (Phi) is 7.71. The molecule has 1 saturated heterocycles. The van der Waals surface area contributed by atoms with Crippen molar-refractivity contribution in [1.29, 1.82) is 0 Å². The highest BCUT2D eigenvalue weighted by Gasteiger charge is 2.27. The number of amides is 3. The van der Waals surface area contributed by atoms with E-state index in [4.69, 9.17) is 16.3 Å². The van der Waals surface area contributed by atoms with E-state index in [9.17, 15) is 9.59 Å². The molecule has 158 valence electrons. The van der Waals surface area contributed by atoms with E-state index >= 15 is 0 Å². The van der Waals surface area contributed by atoms with E-state index < -0.39 is 0 Å². The van der Waals surface area contributed by atoms with Gasteiger partial charge >= 0.3 is 6.03 Å². The molecule has 1 fully saturated rings. The molecule has 0 bridgehead atoms. The Balaban J connectivity index is 1.38. The van der Waals surface area contributed by atoms with Gasteiger partial charge in [-0.05, 0) is 38.3 Å². The number of imidazole rings is 1. The Morgan fingerprint density at radius 1 is 1.24 bits per heavy atom. The normalized spacial score (nSPS) is 14.9. The molecule has 1 aliphatic heterocycles. The summed E-state index contributed by atoms with van der Waals surface area (Å²) in [6.45, 7) is 5.43. The lowest BCUT2D eigenvalue weighted by atomic mass is 9.96. The number of aromatic nitrogens is 2. The number of hydrogen-bond donors (Lipinski definition) is 2. The zero-order chi connectivity index (χ0) is 20.6. The van der Waals surface area contributed by atoms with Crippen LogP contribution in [0.15, 0.2) is 24.5 Å². The minimum absolute atomic E-state index is 0.0330. The second-order valence-electron chi connectivity index (χ2n) is 7.11. The average Bonchev–Trinajstić information content (AvgIpc) is 3.13. The molecule has 0 saturated carbocycles. The molecule has 0 aromatic carbocycles. The van der Waals surface area contributed by atoms with Crippen molar-refractivity contribution >= 4 is 29.2 Å². The summed E-state index contributed by atoms with van der Waals surface area (Å²) in [7, 11) is 0. The highest BCUT2D eigenvalue weighted by Crippen LogP contribution is 2.17. The van der Waals surface area contributed by atoms with Gasteiger partial charge in [0.2, 0.25) is 5.91 Å². The Hall–Kier alpha value is -2.32. The smallest absolute Gasteiger partial charge is 0.317 e. The number of carbonyl (C=O) groups is 2. The van der Waals surface area contributed by atoms with Crippen molar-refractivity contribution in [1.82, 2.24) is 24.9 Å². The van der Waals surface area contributed by atoms with E-state index in [0.29, 0.717) is 57.3 Å². The average molecular weight is 422 g/mol. The third kappa shape index (κ3) is 6.08. The summed E-state index contributed by atoms with van der Waals surface area (Å²) in [4.78, 5) is 30.9. The SMILES string of the molecule is CCOCCCNC(=O)C1CCN(C(=O)NCc2cn3cc(Cl)ccc3n2)CC1. The highest BCUT2D eigenvalue weighted by atomic mass is 35.5. The molecule has 3 amide bonds. The van der Waals surface area contributed by atoms with Crippen LogP contribution in [0.1, 0.15) is 31.9 Å². The molecule has 3 rings (SSSR count). The van der Waals surface area contributed by atoms with Gasteiger partial charge in [0.15, 0.2) is 0 Å². The van der Waals surface area contributed by atoms with Crippen molar-refractivity contribution in [2.24, 2.45) is 5.92 Å². The number of likely N-dealkylation sites (tertiary alicyclic amines) is 1. The fraction of sp³-hybridized carbons (Fsp3) is 0.550. The van der Waals surface area contributed by atoms with E-state index in [-0.39, 0.29) is 17.9 Å². The van der Waals surface area contributed by atoms with Crippen LogP contribution in [-0.2, 0) is 16.1 Å². The molecule has 29 heavy (non-hydrogen) atoms. The molecule has 0 aliphatic carbocycles. The Morgan fingerprint density at radius 2 is 2.03 bits per heavy atom. The van der Waals surface area contributed by atoms with Gasteiger partial charge in [-0.3, -0.25) is 4.79 Å². The van der Waals surface area contributed by atoms with Gasteiger partial charge in [-0.1, -0.05) is 11.6 Å². The maximum atomic E-state index is 12.4. The van der Waals surface area contributed by atoms with E-state index in [0.717, 1.165) is 17.8 Å². The van der Waals surface area contributed by atoms with E-state index in [1.54, 1.807) is 17.2 Å². The van der Waals surface area contributed by atoms with Crippen LogP contribution in [0.2, 0.25) is 5.02 Å². The van der Waals surface area contributed by atoms with Crippen LogP contribution in [-0.4, -0.2) is 59.1 Å². The van der Waals surface area contributed by atoms with Crippen LogP contribution in [0.25, 0.3) is 5.65 Å².